The zero-order valence-electron chi connectivity index (χ0n) is 24.9. The molecule has 4 rings (SSSR count). The van der Waals surface area contributed by atoms with E-state index in [1.165, 1.54) is 11.6 Å². The van der Waals surface area contributed by atoms with Gasteiger partial charge in [0.25, 0.3) is 0 Å². The summed E-state index contributed by atoms with van der Waals surface area (Å²) in [5.41, 5.74) is 5.21. The van der Waals surface area contributed by atoms with Crippen molar-refractivity contribution in [1.29, 1.82) is 0 Å². The van der Waals surface area contributed by atoms with Crippen LogP contribution in [0.3, 0.4) is 0 Å². The van der Waals surface area contributed by atoms with Gasteiger partial charge >= 0.3 is 6.09 Å². The molecule has 0 atom stereocenters. The lowest BCUT2D eigenvalue weighted by Crippen LogP contribution is -2.49. The van der Waals surface area contributed by atoms with E-state index in [9.17, 15) is 15.0 Å². The molecule has 0 radical (unpaired) electrons. The van der Waals surface area contributed by atoms with E-state index >= 15 is 0 Å². The molecule has 0 bridgehead atoms. The third kappa shape index (κ3) is 8.58. The number of carbonyl (C=O) groups excluding carboxylic acids is 1. The molecular weight excluding hydrogens is 520 g/mol. The predicted molar refractivity (Wildman–Crippen MR) is 161 cm³/mol. The normalized spacial score (nSPS) is 18.0. The van der Waals surface area contributed by atoms with Gasteiger partial charge in [-0.15, -0.1) is 0 Å². The zero-order valence-corrected chi connectivity index (χ0v) is 24.9. The van der Waals surface area contributed by atoms with E-state index in [0.717, 1.165) is 70.9 Å². The number of ether oxygens (including phenoxy) is 1. The van der Waals surface area contributed by atoms with Crippen molar-refractivity contribution in [1.82, 2.24) is 20.1 Å². The molecule has 2 saturated heterocycles. The zero-order chi connectivity index (χ0) is 29.6. The number of hydrazine groups is 1. The van der Waals surface area contributed by atoms with Gasteiger partial charge in [-0.3, -0.25) is 4.90 Å². The van der Waals surface area contributed by atoms with E-state index in [-0.39, 0.29) is 17.6 Å². The highest BCUT2D eigenvalue weighted by atomic mass is 16.6. The predicted octanol–water partition coefficient (Wildman–Crippen LogP) is 3.97. The molecule has 2 fully saturated rings. The van der Waals surface area contributed by atoms with Crippen LogP contribution in [0.2, 0.25) is 0 Å². The Morgan fingerprint density at radius 1 is 1.00 bits per heavy atom. The highest BCUT2D eigenvalue weighted by molar-refractivity contribution is 6.02. The van der Waals surface area contributed by atoms with E-state index in [0.29, 0.717) is 29.3 Å². The van der Waals surface area contributed by atoms with Crippen molar-refractivity contribution < 1.29 is 19.7 Å². The molecule has 0 saturated carbocycles. The van der Waals surface area contributed by atoms with Crippen molar-refractivity contribution in [3.63, 3.8) is 0 Å². The standard InChI is InChI=1S/C31H46N6O4/c1-5-24-18-26(28(39)19-27(24)38)29(34-32)33-25-8-6-22(7-9-25)20-35-14-16-36(17-15-35)21-23-10-12-37(13-11-23)30(40)41-31(2,3)4/h6-9,18-19,23,38-39H,5,10-17,20-21,32H2,1-4H3,(H,33,34). The SMILES string of the molecule is CCc1cc(C(=Nc2ccc(CN3CCN(CC4CCN(C(=O)OC(C)(C)C)CC4)CC3)cc2)NN)c(O)cc1O. The number of nitrogens with one attached hydrogen (secondary N) is 1. The molecule has 0 spiro atoms. The summed E-state index contributed by atoms with van der Waals surface area (Å²) >= 11 is 0. The highest BCUT2D eigenvalue weighted by Crippen LogP contribution is 2.29. The van der Waals surface area contributed by atoms with E-state index in [1.807, 2.05) is 44.7 Å². The smallest absolute Gasteiger partial charge is 0.410 e. The molecular formula is C31H46N6O4. The molecule has 0 aromatic heterocycles. The molecule has 2 heterocycles. The van der Waals surface area contributed by atoms with Crippen LogP contribution in [0.25, 0.3) is 0 Å². The van der Waals surface area contributed by atoms with Crippen LogP contribution in [0, 0.1) is 5.92 Å². The number of amidine groups is 1. The Labute approximate surface area is 243 Å². The molecule has 2 aliphatic rings. The number of phenolic OH excluding ortho intramolecular Hbond substituents is 2. The lowest BCUT2D eigenvalue weighted by Gasteiger charge is -2.39. The Kier molecular flexibility index (Phi) is 10.1. The first kappa shape index (κ1) is 30.6. The number of hydrogen-bond acceptors (Lipinski definition) is 8. The van der Waals surface area contributed by atoms with Crippen LogP contribution >= 0.6 is 0 Å². The molecule has 224 valence electrons. The molecule has 2 aliphatic heterocycles. The first-order chi connectivity index (χ1) is 19.5. The number of likely N-dealkylation sites (tertiary alicyclic amines) is 1. The molecule has 1 amide bonds. The molecule has 10 nitrogen and oxygen atoms in total. The Bertz CT molecular complexity index is 1190. The van der Waals surface area contributed by atoms with Gasteiger partial charge in [-0.05, 0) is 75.3 Å². The second-order valence-corrected chi connectivity index (χ2v) is 12.1. The van der Waals surface area contributed by atoms with Crippen LogP contribution in [0.15, 0.2) is 41.4 Å². The van der Waals surface area contributed by atoms with Crippen LogP contribution in [-0.4, -0.2) is 88.3 Å². The Morgan fingerprint density at radius 3 is 2.22 bits per heavy atom. The average molecular weight is 567 g/mol. The lowest BCUT2D eigenvalue weighted by atomic mass is 9.96. The van der Waals surface area contributed by atoms with E-state index < -0.39 is 5.60 Å². The van der Waals surface area contributed by atoms with E-state index in [2.05, 4.69) is 32.4 Å². The lowest BCUT2D eigenvalue weighted by molar-refractivity contribution is 0.0159. The summed E-state index contributed by atoms with van der Waals surface area (Å²) in [5, 5.41) is 20.3. The molecule has 0 unspecified atom stereocenters. The number of nitrogens with two attached hydrogens (primary N) is 1. The maximum atomic E-state index is 12.3. The number of rotatable bonds is 7. The van der Waals surface area contributed by atoms with Gasteiger partial charge in [-0.25, -0.2) is 15.6 Å². The molecule has 0 aliphatic carbocycles. The number of amides is 1. The number of piperidine rings is 1. The fourth-order valence-corrected chi connectivity index (χ4v) is 5.45. The third-order valence-electron chi connectivity index (χ3n) is 7.80. The van der Waals surface area contributed by atoms with Gasteiger partial charge in [0, 0.05) is 58.4 Å². The first-order valence-electron chi connectivity index (χ1n) is 14.7. The van der Waals surface area contributed by atoms with Gasteiger partial charge in [-0.1, -0.05) is 19.1 Å². The van der Waals surface area contributed by atoms with E-state index in [4.69, 9.17) is 10.6 Å². The molecule has 41 heavy (non-hydrogen) atoms. The minimum atomic E-state index is -0.451. The van der Waals surface area contributed by atoms with Crippen molar-refractivity contribution in [3.8, 4) is 11.5 Å². The van der Waals surface area contributed by atoms with Crippen LogP contribution in [0.1, 0.15) is 57.2 Å². The summed E-state index contributed by atoms with van der Waals surface area (Å²) in [7, 11) is 0. The van der Waals surface area contributed by atoms with Crippen LogP contribution in [0.4, 0.5) is 10.5 Å². The van der Waals surface area contributed by atoms with Crippen molar-refractivity contribution in [3.05, 3.63) is 53.1 Å². The summed E-state index contributed by atoms with van der Waals surface area (Å²) in [6, 6.07) is 11.1. The number of aryl methyl sites for hydroxylation is 1. The number of carbonyl (C=O) groups is 1. The van der Waals surface area contributed by atoms with Gasteiger partial charge < -0.3 is 30.2 Å². The fourth-order valence-electron chi connectivity index (χ4n) is 5.45. The number of benzene rings is 2. The Morgan fingerprint density at radius 2 is 1.63 bits per heavy atom. The van der Waals surface area contributed by atoms with Gasteiger partial charge in [-0.2, -0.15) is 0 Å². The average Bonchev–Trinajstić information content (AvgIpc) is 2.93. The second kappa shape index (κ2) is 13.5. The number of hydrogen-bond donors (Lipinski definition) is 4. The topological polar surface area (TPSA) is 127 Å². The Balaban J connectivity index is 1.24. The van der Waals surface area contributed by atoms with Gasteiger partial charge in [0.1, 0.15) is 17.1 Å². The number of nitrogens with zero attached hydrogens (tertiary/aromatic N) is 4. The molecule has 2 aromatic rings. The van der Waals surface area contributed by atoms with Crippen molar-refractivity contribution in [2.45, 2.75) is 59.1 Å². The summed E-state index contributed by atoms with van der Waals surface area (Å²) < 4.78 is 5.53. The number of phenols is 2. The van der Waals surface area contributed by atoms with Crippen molar-refractivity contribution >= 4 is 17.6 Å². The maximum Gasteiger partial charge on any atom is 0.410 e. The number of aromatic hydroxyl groups is 2. The monoisotopic (exact) mass is 566 g/mol. The molecule has 5 N–H and O–H groups in total. The largest absolute Gasteiger partial charge is 0.508 e. The van der Waals surface area contributed by atoms with Gasteiger partial charge in [0.05, 0.1) is 11.3 Å². The van der Waals surface area contributed by atoms with Crippen molar-refractivity contribution in [2.75, 3.05) is 45.8 Å². The number of piperazine rings is 1. The minimum Gasteiger partial charge on any atom is -0.508 e. The Hall–Kier alpha value is -3.34. The van der Waals surface area contributed by atoms with Crippen LogP contribution in [-0.2, 0) is 17.7 Å². The van der Waals surface area contributed by atoms with Gasteiger partial charge in [0.15, 0.2) is 5.84 Å². The summed E-state index contributed by atoms with van der Waals surface area (Å²) in [4.78, 5) is 23.8. The van der Waals surface area contributed by atoms with Crippen molar-refractivity contribution in [2.24, 2.45) is 16.8 Å². The molecule has 10 heteroatoms. The fraction of sp³-hybridized carbons (Fsp3) is 0.548. The quantitative estimate of drug-likeness (QED) is 0.172. The van der Waals surface area contributed by atoms with Crippen LogP contribution < -0.4 is 11.3 Å². The maximum absolute atomic E-state index is 12.3. The second-order valence-electron chi connectivity index (χ2n) is 12.1. The summed E-state index contributed by atoms with van der Waals surface area (Å²) in [6.07, 6.45) is 2.49. The van der Waals surface area contributed by atoms with E-state index in [1.54, 1.807) is 6.07 Å². The van der Waals surface area contributed by atoms with Crippen LogP contribution in [0.5, 0.6) is 11.5 Å². The third-order valence-corrected chi connectivity index (χ3v) is 7.80. The number of aliphatic imine (C=N–C) groups is 1. The van der Waals surface area contributed by atoms with Gasteiger partial charge in [0.2, 0.25) is 0 Å². The molecule has 2 aromatic carbocycles. The first-order valence-corrected chi connectivity index (χ1v) is 14.7. The highest BCUT2D eigenvalue weighted by Gasteiger charge is 2.28. The summed E-state index contributed by atoms with van der Waals surface area (Å²) in [5.74, 6) is 6.65. The minimum absolute atomic E-state index is 0.0518. The summed E-state index contributed by atoms with van der Waals surface area (Å²) in [6.45, 7) is 15.3.